The van der Waals surface area contributed by atoms with Crippen molar-refractivity contribution < 1.29 is 13.2 Å². The first-order valence-corrected chi connectivity index (χ1v) is 2.70. The van der Waals surface area contributed by atoms with Crippen LogP contribution >= 0.6 is 0 Å². The van der Waals surface area contributed by atoms with Crippen molar-refractivity contribution in [2.75, 3.05) is 6.54 Å². The fourth-order valence-corrected chi connectivity index (χ4v) is 0.585. The van der Waals surface area contributed by atoms with Gasteiger partial charge in [-0.05, 0) is 0 Å². The van der Waals surface area contributed by atoms with E-state index in [1.54, 1.807) is 0 Å². The quantitative estimate of drug-likeness (QED) is 0.471. The molecule has 1 atom stereocenters. The molecule has 1 rings (SSSR count). The van der Waals surface area contributed by atoms with Crippen LogP contribution in [0.2, 0.25) is 0 Å². The van der Waals surface area contributed by atoms with Gasteiger partial charge in [0.25, 0.3) is 0 Å². The van der Waals surface area contributed by atoms with Gasteiger partial charge in [0, 0.05) is 0 Å². The zero-order chi connectivity index (χ0) is 7.61. The lowest BCUT2D eigenvalue weighted by Gasteiger charge is -2.12. The number of hydrogen-bond acceptors (Lipinski definition) is 2. The molecular formula is C5H5F3N2. The normalized spacial score (nSPS) is 25.3. The van der Waals surface area contributed by atoms with Crippen molar-refractivity contribution in [3.05, 3.63) is 12.2 Å². The second-order valence-electron chi connectivity index (χ2n) is 1.85. The number of azo groups is 1. The summed E-state index contributed by atoms with van der Waals surface area (Å²) in [7, 11) is 0. The molecule has 0 aliphatic carbocycles. The lowest BCUT2D eigenvalue weighted by molar-refractivity contribution is -0.138. The highest BCUT2D eigenvalue weighted by Crippen LogP contribution is 2.25. The summed E-state index contributed by atoms with van der Waals surface area (Å²) in [6, 6.07) is -1.72. The Morgan fingerprint density at radius 2 is 2.10 bits per heavy atom. The Labute approximate surface area is 55.4 Å². The summed E-state index contributed by atoms with van der Waals surface area (Å²) < 4.78 is 35.2. The molecule has 0 amide bonds. The first kappa shape index (κ1) is 7.24. The summed E-state index contributed by atoms with van der Waals surface area (Å²) >= 11 is 0. The molecule has 1 aliphatic rings. The van der Waals surface area contributed by atoms with Crippen molar-refractivity contribution in [2.45, 2.75) is 12.2 Å². The minimum atomic E-state index is -4.28. The summed E-state index contributed by atoms with van der Waals surface area (Å²) in [4.78, 5) is 0. The third-order valence-electron chi connectivity index (χ3n) is 1.05. The molecule has 0 saturated carbocycles. The summed E-state index contributed by atoms with van der Waals surface area (Å²) in [6.45, 7) is 0.257. The number of hydrogen-bond donors (Lipinski definition) is 0. The minimum Gasteiger partial charge on any atom is -0.189 e. The van der Waals surface area contributed by atoms with E-state index in [4.69, 9.17) is 0 Å². The maximum atomic E-state index is 11.7. The Morgan fingerprint density at radius 3 is 2.40 bits per heavy atom. The van der Waals surface area contributed by atoms with Crippen LogP contribution in [-0.4, -0.2) is 18.8 Å². The first-order chi connectivity index (χ1) is 4.61. The van der Waals surface area contributed by atoms with E-state index in [-0.39, 0.29) is 6.54 Å². The average molecular weight is 150 g/mol. The molecule has 0 spiro atoms. The third kappa shape index (κ3) is 1.55. The van der Waals surface area contributed by atoms with Crippen LogP contribution in [0.15, 0.2) is 22.4 Å². The van der Waals surface area contributed by atoms with Gasteiger partial charge in [-0.3, -0.25) is 0 Å². The lowest BCUT2D eigenvalue weighted by atomic mass is 10.2. The highest BCUT2D eigenvalue weighted by molar-refractivity contribution is 5.00. The molecule has 1 heterocycles. The maximum Gasteiger partial charge on any atom is 0.416 e. The standard InChI is InChI=1S/C5H5F3N2/c6-5(7,8)4-2-1-3-9-10-4/h1-2,4H,3H2. The van der Waals surface area contributed by atoms with E-state index >= 15 is 0 Å². The number of rotatable bonds is 0. The topological polar surface area (TPSA) is 24.7 Å². The van der Waals surface area contributed by atoms with Crippen molar-refractivity contribution in [2.24, 2.45) is 10.2 Å². The fraction of sp³-hybridized carbons (Fsp3) is 0.600. The zero-order valence-corrected chi connectivity index (χ0v) is 4.97. The molecule has 0 N–H and O–H groups in total. The summed E-state index contributed by atoms with van der Waals surface area (Å²) in [6.07, 6.45) is -1.92. The molecule has 1 aliphatic heterocycles. The molecule has 0 aromatic heterocycles. The van der Waals surface area contributed by atoms with Crippen molar-refractivity contribution in [1.29, 1.82) is 0 Å². The number of halogens is 3. The van der Waals surface area contributed by atoms with Crippen LogP contribution < -0.4 is 0 Å². The first-order valence-electron chi connectivity index (χ1n) is 2.70. The van der Waals surface area contributed by atoms with Gasteiger partial charge in [0.15, 0.2) is 6.04 Å². The summed E-state index contributed by atoms with van der Waals surface area (Å²) in [5.41, 5.74) is 0. The zero-order valence-electron chi connectivity index (χ0n) is 4.97. The van der Waals surface area contributed by atoms with Gasteiger partial charge >= 0.3 is 6.18 Å². The molecule has 5 heteroatoms. The van der Waals surface area contributed by atoms with Crippen molar-refractivity contribution in [3.8, 4) is 0 Å². The van der Waals surface area contributed by atoms with E-state index in [1.807, 2.05) is 0 Å². The van der Waals surface area contributed by atoms with Gasteiger partial charge in [0.1, 0.15) is 0 Å². The third-order valence-corrected chi connectivity index (χ3v) is 1.05. The highest BCUT2D eigenvalue weighted by atomic mass is 19.4. The van der Waals surface area contributed by atoms with Gasteiger partial charge in [-0.2, -0.15) is 23.4 Å². The SMILES string of the molecule is FC(F)(F)C1C=CCN=N1. The molecule has 0 aromatic carbocycles. The second-order valence-corrected chi connectivity index (χ2v) is 1.85. The van der Waals surface area contributed by atoms with Gasteiger partial charge < -0.3 is 0 Å². The average Bonchev–Trinajstić information content (AvgIpc) is 1.88. The van der Waals surface area contributed by atoms with Crippen LogP contribution in [-0.2, 0) is 0 Å². The Kier molecular flexibility index (Phi) is 1.74. The monoisotopic (exact) mass is 150 g/mol. The predicted octanol–water partition coefficient (Wildman–Crippen LogP) is 1.94. The Morgan fingerprint density at radius 1 is 1.40 bits per heavy atom. The Balaban J connectivity index is 2.64. The van der Waals surface area contributed by atoms with Crippen LogP contribution in [0, 0.1) is 0 Å². The van der Waals surface area contributed by atoms with Gasteiger partial charge in [-0.1, -0.05) is 12.2 Å². The van der Waals surface area contributed by atoms with Crippen molar-refractivity contribution >= 4 is 0 Å². The number of alkyl halides is 3. The van der Waals surface area contributed by atoms with E-state index in [0.29, 0.717) is 0 Å². The van der Waals surface area contributed by atoms with E-state index in [1.165, 1.54) is 6.08 Å². The van der Waals surface area contributed by atoms with Crippen molar-refractivity contribution in [1.82, 2.24) is 0 Å². The maximum absolute atomic E-state index is 11.7. The molecular weight excluding hydrogens is 145 g/mol. The predicted molar refractivity (Wildman–Crippen MR) is 28.7 cm³/mol. The molecule has 56 valence electrons. The van der Waals surface area contributed by atoms with Crippen LogP contribution in [0.5, 0.6) is 0 Å². The van der Waals surface area contributed by atoms with E-state index < -0.39 is 12.2 Å². The summed E-state index contributed by atoms with van der Waals surface area (Å²) in [5, 5.41) is 6.26. The second kappa shape index (κ2) is 2.40. The lowest BCUT2D eigenvalue weighted by Crippen LogP contribution is -2.25. The smallest absolute Gasteiger partial charge is 0.189 e. The Bertz CT molecular complexity index is 158. The van der Waals surface area contributed by atoms with Gasteiger partial charge in [0.05, 0.1) is 6.54 Å². The van der Waals surface area contributed by atoms with E-state index in [0.717, 1.165) is 6.08 Å². The molecule has 0 bridgehead atoms. The van der Waals surface area contributed by atoms with Crippen LogP contribution in [0.4, 0.5) is 13.2 Å². The highest BCUT2D eigenvalue weighted by Gasteiger charge is 2.38. The molecule has 0 aromatic rings. The van der Waals surface area contributed by atoms with Crippen molar-refractivity contribution in [3.63, 3.8) is 0 Å². The van der Waals surface area contributed by atoms with E-state index in [2.05, 4.69) is 10.2 Å². The Hall–Kier alpha value is -0.870. The molecule has 1 unspecified atom stereocenters. The van der Waals surface area contributed by atoms with Crippen LogP contribution in [0.1, 0.15) is 0 Å². The molecule has 0 radical (unpaired) electrons. The molecule has 10 heavy (non-hydrogen) atoms. The van der Waals surface area contributed by atoms with Gasteiger partial charge in [0.2, 0.25) is 0 Å². The number of nitrogens with zero attached hydrogens (tertiary/aromatic N) is 2. The molecule has 2 nitrogen and oxygen atoms in total. The fourth-order valence-electron chi connectivity index (χ4n) is 0.585. The van der Waals surface area contributed by atoms with Crippen LogP contribution in [0.3, 0.4) is 0 Å². The van der Waals surface area contributed by atoms with Crippen LogP contribution in [0.25, 0.3) is 0 Å². The molecule has 0 fully saturated rings. The van der Waals surface area contributed by atoms with Gasteiger partial charge in [-0.15, -0.1) is 0 Å². The molecule has 0 saturated heterocycles. The van der Waals surface area contributed by atoms with E-state index in [9.17, 15) is 13.2 Å². The largest absolute Gasteiger partial charge is 0.416 e. The van der Waals surface area contributed by atoms with Gasteiger partial charge in [-0.25, -0.2) is 0 Å². The minimum absolute atomic E-state index is 0.257. The summed E-state index contributed by atoms with van der Waals surface area (Å²) in [5.74, 6) is 0.